The zero-order chi connectivity index (χ0) is 15.5. The third-order valence-electron chi connectivity index (χ3n) is 4.28. The summed E-state index contributed by atoms with van der Waals surface area (Å²) >= 11 is 0. The van der Waals surface area contributed by atoms with Gasteiger partial charge in [-0.15, -0.1) is 0 Å². The smallest absolute Gasteiger partial charge is 0.254 e. The molecule has 1 heterocycles. The molecule has 1 unspecified atom stereocenters. The summed E-state index contributed by atoms with van der Waals surface area (Å²) in [7, 11) is 1.66. The van der Waals surface area contributed by atoms with Crippen LogP contribution in [0.2, 0.25) is 0 Å². The Kier molecular flexibility index (Phi) is 4.14. The van der Waals surface area contributed by atoms with Crippen molar-refractivity contribution in [1.29, 1.82) is 0 Å². The van der Waals surface area contributed by atoms with Crippen LogP contribution in [0.1, 0.15) is 40.4 Å². The van der Waals surface area contributed by atoms with Gasteiger partial charge >= 0.3 is 0 Å². The molecular weight excluding hydrogens is 274 g/mol. The number of hydrogen-bond acceptors (Lipinski definition) is 2. The summed E-state index contributed by atoms with van der Waals surface area (Å²) in [5.74, 6) is 0.973. The van der Waals surface area contributed by atoms with Crippen molar-refractivity contribution < 1.29 is 9.53 Å². The van der Waals surface area contributed by atoms with Gasteiger partial charge in [-0.25, -0.2) is 0 Å². The highest BCUT2D eigenvalue weighted by molar-refractivity contribution is 5.94. The SMILES string of the molecule is COc1ccc(C2CCCN2C(=O)c2cccc(C)c2)cc1. The second-order valence-electron chi connectivity index (χ2n) is 5.80. The van der Waals surface area contributed by atoms with Crippen molar-refractivity contribution in [2.75, 3.05) is 13.7 Å². The average Bonchev–Trinajstić information content (AvgIpc) is 3.04. The van der Waals surface area contributed by atoms with Gasteiger partial charge in [-0.2, -0.15) is 0 Å². The highest BCUT2D eigenvalue weighted by atomic mass is 16.5. The second kappa shape index (κ2) is 6.22. The largest absolute Gasteiger partial charge is 0.497 e. The third-order valence-corrected chi connectivity index (χ3v) is 4.28. The highest BCUT2D eigenvalue weighted by Gasteiger charge is 2.30. The van der Waals surface area contributed by atoms with E-state index in [1.165, 1.54) is 5.56 Å². The Hall–Kier alpha value is -2.29. The van der Waals surface area contributed by atoms with E-state index in [-0.39, 0.29) is 11.9 Å². The lowest BCUT2D eigenvalue weighted by molar-refractivity contribution is 0.0735. The number of hydrogen-bond donors (Lipinski definition) is 0. The molecule has 0 aliphatic carbocycles. The van der Waals surface area contributed by atoms with Crippen LogP contribution in [-0.4, -0.2) is 24.5 Å². The Morgan fingerprint density at radius 3 is 2.64 bits per heavy atom. The van der Waals surface area contributed by atoms with E-state index in [4.69, 9.17) is 4.74 Å². The molecule has 0 bridgehead atoms. The van der Waals surface area contributed by atoms with E-state index in [1.54, 1.807) is 7.11 Å². The molecule has 114 valence electrons. The number of aryl methyl sites for hydroxylation is 1. The van der Waals surface area contributed by atoms with Gasteiger partial charge in [0.05, 0.1) is 13.2 Å². The van der Waals surface area contributed by atoms with Crippen LogP contribution in [0.3, 0.4) is 0 Å². The van der Waals surface area contributed by atoms with Crippen molar-refractivity contribution in [2.45, 2.75) is 25.8 Å². The standard InChI is InChI=1S/C19H21NO2/c1-14-5-3-6-16(13-14)19(21)20-12-4-7-18(20)15-8-10-17(22-2)11-9-15/h3,5-6,8-11,13,18H,4,7,12H2,1-2H3. The van der Waals surface area contributed by atoms with E-state index in [2.05, 4.69) is 12.1 Å². The molecule has 0 spiro atoms. The van der Waals surface area contributed by atoms with E-state index in [9.17, 15) is 4.79 Å². The fourth-order valence-corrected chi connectivity index (χ4v) is 3.13. The fraction of sp³-hybridized carbons (Fsp3) is 0.316. The minimum absolute atomic E-state index is 0.127. The number of nitrogens with zero attached hydrogens (tertiary/aromatic N) is 1. The number of methoxy groups -OCH3 is 1. The van der Waals surface area contributed by atoms with E-state index >= 15 is 0 Å². The fourth-order valence-electron chi connectivity index (χ4n) is 3.13. The van der Waals surface area contributed by atoms with Crippen molar-refractivity contribution in [3.63, 3.8) is 0 Å². The van der Waals surface area contributed by atoms with Crippen LogP contribution in [0.25, 0.3) is 0 Å². The first-order valence-corrected chi connectivity index (χ1v) is 7.70. The molecule has 1 fully saturated rings. The number of carbonyl (C=O) groups excluding carboxylic acids is 1. The number of carbonyl (C=O) groups is 1. The maximum atomic E-state index is 12.8. The van der Waals surface area contributed by atoms with Crippen molar-refractivity contribution >= 4 is 5.91 Å². The molecule has 1 saturated heterocycles. The summed E-state index contributed by atoms with van der Waals surface area (Å²) in [5, 5.41) is 0. The summed E-state index contributed by atoms with van der Waals surface area (Å²) in [5.41, 5.74) is 3.07. The summed E-state index contributed by atoms with van der Waals surface area (Å²) in [4.78, 5) is 14.8. The minimum atomic E-state index is 0.127. The quantitative estimate of drug-likeness (QED) is 0.857. The molecule has 0 saturated carbocycles. The summed E-state index contributed by atoms with van der Waals surface area (Å²) in [6.07, 6.45) is 2.07. The van der Waals surface area contributed by atoms with Crippen LogP contribution in [-0.2, 0) is 0 Å². The number of likely N-dealkylation sites (tertiary alicyclic amines) is 1. The van der Waals surface area contributed by atoms with E-state index in [0.717, 1.165) is 36.3 Å². The van der Waals surface area contributed by atoms with Gasteiger partial charge in [-0.1, -0.05) is 29.8 Å². The number of rotatable bonds is 3. The molecule has 2 aromatic carbocycles. The van der Waals surface area contributed by atoms with E-state index in [1.807, 2.05) is 48.2 Å². The normalized spacial score (nSPS) is 17.5. The van der Waals surface area contributed by atoms with Gasteiger partial charge in [0.1, 0.15) is 5.75 Å². The van der Waals surface area contributed by atoms with Crippen LogP contribution in [0, 0.1) is 6.92 Å². The first-order valence-electron chi connectivity index (χ1n) is 7.70. The molecule has 22 heavy (non-hydrogen) atoms. The molecule has 1 aliphatic rings. The molecule has 2 aromatic rings. The molecule has 1 aliphatic heterocycles. The predicted octanol–water partition coefficient (Wildman–Crippen LogP) is 3.98. The Morgan fingerprint density at radius 2 is 1.95 bits per heavy atom. The van der Waals surface area contributed by atoms with Gasteiger partial charge in [0.2, 0.25) is 0 Å². The predicted molar refractivity (Wildman–Crippen MR) is 87.2 cm³/mol. The molecule has 0 radical (unpaired) electrons. The number of benzene rings is 2. The van der Waals surface area contributed by atoms with Crippen molar-refractivity contribution in [1.82, 2.24) is 4.90 Å². The highest BCUT2D eigenvalue weighted by Crippen LogP contribution is 2.33. The third kappa shape index (κ3) is 2.84. The first kappa shape index (κ1) is 14.6. The second-order valence-corrected chi connectivity index (χ2v) is 5.80. The van der Waals surface area contributed by atoms with Gasteiger partial charge in [-0.05, 0) is 49.6 Å². The monoisotopic (exact) mass is 295 g/mol. The van der Waals surface area contributed by atoms with Crippen molar-refractivity contribution in [3.8, 4) is 5.75 Å². The lowest BCUT2D eigenvalue weighted by Crippen LogP contribution is -2.30. The molecule has 1 amide bonds. The summed E-state index contributed by atoms with van der Waals surface area (Å²) in [6.45, 7) is 2.84. The maximum absolute atomic E-state index is 12.8. The van der Waals surface area contributed by atoms with Crippen LogP contribution in [0.4, 0.5) is 0 Å². The molecule has 0 aromatic heterocycles. The van der Waals surface area contributed by atoms with Crippen LogP contribution >= 0.6 is 0 Å². The first-order chi connectivity index (χ1) is 10.7. The van der Waals surface area contributed by atoms with E-state index in [0.29, 0.717) is 0 Å². The van der Waals surface area contributed by atoms with Crippen molar-refractivity contribution in [2.24, 2.45) is 0 Å². The van der Waals surface area contributed by atoms with Gasteiger partial charge in [0.15, 0.2) is 0 Å². The topological polar surface area (TPSA) is 29.5 Å². The Balaban J connectivity index is 1.84. The van der Waals surface area contributed by atoms with Gasteiger partial charge in [0.25, 0.3) is 5.91 Å². The molecular formula is C19H21NO2. The van der Waals surface area contributed by atoms with Crippen molar-refractivity contribution in [3.05, 3.63) is 65.2 Å². The number of amides is 1. The van der Waals surface area contributed by atoms with Crippen LogP contribution < -0.4 is 4.74 Å². The molecule has 3 heteroatoms. The Bertz CT molecular complexity index is 663. The van der Waals surface area contributed by atoms with Gasteiger partial charge < -0.3 is 9.64 Å². The summed E-state index contributed by atoms with van der Waals surface area (Å²) < 4.78 is 5.21. The van der Waals surface area contributed by atoms with Crippen LogP contribution in [0.15, 0.2) is 48.5 Å². The molecule has 3 rings (SSSR count). The average molecular weight is 295 g/mol. The maximum Gasteiger partial charge on any atom is 0.254 e. The van der Waals surface area contributed by atoms with Crippen LogP contribution in [0.5, 0.6) is 5.75 Å². The summed E-state index contributed by atoms with van der Waals surface area (Å²) in [6, 6.07) is 16.0. The molecule has 1 atom stereocenters. The van der Waals surface area contributed by atoms with Gasteiger partial charge in [-0.3, -0.25) is 4.79 Å². The minimum Gasteiger partial charge on any atom is -0.497 e. The molecule has 0 N–H and O–H groups in total. The lowest BCUT2D eigenvalue weighted by atomic mass is 10.0. The zero-order valence-electron chi connectivity index (χ0n) is 13.1. The number of ether oxygens (including phenoxy) is 1. The van der Waals surface area contributed by atoms with Gasteiger partial charge in [0, 0.05) is 12.1 Å². The Labute approximate surface area is 131 Å². The zero-order valence-corrected chi connectivity index (χ0v) is 13.1. The molecule has 3 nitrogen and oxygen atoms in total. The lowest BCUT2D eigenvalue weighted by Gasteiger charge is -2.25. The van der Waals surface area contributed by atoms with E-state index < -0.39 is 0 Å². The Morgan fingerprint density at radius 1 is 1.18 bits per heavy atom.